The Bertz CT molecular complexity index is 1200. The van der Waals surface area contributed by atoms with Crippen molar-refractivity contribution in [3.05, 3.63) is 65.5 Å². The minimum atomic E-state index is -0.0484. The Morgan fingerprint density at radius 2 is 1.97 bits per heavy atom. The molecule has 2 bridgehead atoms. The van der Waals surface area contributed by atoms with E-state index in [2.05, 4.69) is 62.4 Å². The van der Waals surface area contributed by atoms with E-state index in [9.17, 15) is 0 Å². The van der Waals surface area contributed by atoms with E-state index in [1.165, 1.54) is 73.3 Å². The van der Waals surface area contributed by atoms with Crippen LogP contribution in [0.5, 0.6) is 0 Å². The van der Waals surface area contributed by atoms with Crippen molar-refractivity contribution in [1.82, 2.24) is 4.98 Å². The summed E-state index contributed by atoms with van der Waals surface area (Å²) in [5.41, 5.74) is 4.88. The number of hydrogen-bond acceptors (Lipinski definition) is 2. The topological polar surface area (TPSA) is 26.6 Å². The van der Waals surface area contributed by atoms with Gasteiger partial charge in [0.25, 0.3) is 0 Å². The van der Waals surface area contributed by atoms with Crippen molar-refractivity contribution in [2.75, 3.05) is 14.1 Å². The van der Waals surface area contributed by atoms with E-state index < -0.39 is 0 Å². The van der Waals surface area contributed by atoms with E-state index in [1.807, 2.05) is 12.4 Å². The van der Waals surface area contributed by atoms with E-state index in [0.717, 1.165) is 6.04 Å². The number of hydrogen-bond donors (Lipinski definition) is 1. The van der Waals surface area contributed by atoms with Crippen LogP contribution in [0.15, 0.2) is 60.0 Å². The molecule has 7 rings (SSSR count). The zero-order valence-electron chi connectivity index (χ0n) is 20.4. The second-order valence-corrected chi connectivity index (χ2v) is 12.2. The lowest BCUT2D eigenvalue weighted by Crippen LogP contribution is -3.10. The molecule has 1 aromatic heterocycles. The Morgan fingerprint density at radius 1 is 1.06 bits per heavy atom. The summed E-state index contributed by atoms with van der Waals surface area (Å²) in [5.74, 6) is 1.21. The van der Waals surface area contributed by atoms with Crippen LogP contribution in [0.25, 0.3) is 10.8 Å². The molecule has 33 heavy (non-hydrogen) atoms. The normalized spacial score (nSPS) is 41.4. The van der Waals surface area contributed by atoms with Crippen LogP contribution in [0.1, 0.15) is 69.8 Å². The van der Waals surface area contributed by atoms with Crippen LogP contribution in [0.3, 0.4) is 0 Å². The number of aromatic nitrogens is 1. The molecule has 1 saturated heterocycles. The molecule has 2 aromatic rings. The van der Waals surface area contributed by atoms with Gasteiger partial charge in [-0.3, -0.25) is 4.98 Å². The molecule has 0 amide bonds. The van der Waals surface area contributed by atoms with Crippen molar-refractivity contribution in [3.63, 3.8) is 0 Å². The summed E-state index contributed by atoms with van der Waals surface area (Å²) < 4.78 is 7.43. The maximum atomic E-state index is 7.43. The third-order valence-corrected chi connectivity index (χ3v) is 10.6. The Morgan fingerprint density at radius 3 is 2.85 bits per heavy atom. The summed E-state index contributed by atoms with van der Waals surface area (Å²) in [7, 11) is 4.65. The number of fused-ring (bicyclic) bond motifs is 2. The van der Waals surface area contributed by atoms with E-state index in [1.54, 1.807) is 10.5 Å². The van der Waals surface area contributed by atoms with Gasteiger partial charge in [-0.1, -0.05) is 31.2 Å². The fraction of sp³-hybridized carbons (Fsp3) is 0.567. The van der Waals surface area contributed by atoms with Gasteiger partial charge in [0, 0.05) is 30.6 Å². The van der Waals surface area contributed by atoms with Gasteiger partial charge in [0.15, 0.2) is 0 Å². The predicted octanol–water partition coefficient (Wildman–Crippen LogP) is 4.99. The minimum absolute atomic E-state index is 0.0164. The molecule has 5 aliphatic rings. The lowest BCUT2D eigenvalue weighted by Gasteiger charge is -2.54. The van der Waals surface area contributed by atoms with Crippen LogP contribution in [0.2, 0.25) is 0 Å². The number of ether oxygens (including phenoxy) is 1. The second-order valence-electron chi connectivity index (χ2n) is 12.2. The molecule has 1 N–H and O–H groups in total. The zero-order valence-corrected chi connectivity index (χ0v) is 20.4. The van der Waals surface area contributed by atoms with Crippen molar-refractivity contribution < 1.29 is 9.64 Å². The highest BCUT2D eigenvalue weighted by Crippen LogP contribution is 2.69. The second kappa shape index (κ2) is 6.79. The molecular formula is C30H37N2O+. The zero-order chi connectivity index (χ0) is 22.4. The van der Waals surface area contributed by atoms with E-state index >= 15 is 0 Å². The number of allylic oxidation sites excluding steroid dienone is 1. The Kier molecular flexibility index (Phi) is 4.20. The summed E-state index contributed by atoms with van der Waals surface area (Å²) in [4.78, 5) is 5.97. The third kappa shape index (κ3) is 2.67. The van der Waals surface area contributed by atoms with Crippen LogP contribution in [-0.2, 0) is 4.74 Å². The van der Waals surface area contributed by atoms with Crippen molar-refractivity contribution in [2.45, 2.75) is 81.5 Å². The van der Waals surface area contributed by atoms with Gasteiger partial charge in [0.2, 0.25) is 0 Å². The molecule has 1 aromatic carbocycles. The molecule has 6 atom stereocenters. The minimum Gasteiger partial charge on any atom is -0.359 e. The van der Waals surface area contributed by atoms with Crippen LogP contribution in [-0.4, -0.2) is 36.3 Å². The van der Waals surface area contributed by atoms with Gasteiger partial charge < -0.3 is 9.64 Å². The molecule has 2 saturated carbocycles. The number of quaternary nitrogens is 1. The average molecular weight is 442 g/mol. The van der Waals surface area contributed by atoms with Crippen LogP contribution >= 0.6 is 0 Å². The number of nitrogens with zero attached hydrogens (tertiary/aromatic N) is 1. The molecule has 0 radical (unpaired) electrons. The van der Waals surface area contributed by atoms with Gasteiger partial charge in [0.1, 0.15) is 0 Å². The highest BCUT2D eigenvalue weighted by atomic mass is 16.5. The Balaban J connectivity index is 1.28. The summed E-state index contributed by atoms with van der Waals surface area (Å²) in [6, 6.07) is 9.95. The first-order chi connectivity index (χ1) is 15.9. The first-order valence-corrected chi connectivity index (χ1v) is 13.2. The standard InChI is InChI=1S/C30H36N2O/c1-28-12-10-24-17-23-6-7-25(32(2)3)18-29(23)13-14-30(24,33-29)27(28)9-8-26(28)21-5-4-20-11-15-31-19-22(20)16-21/h4-5,10-11,15-17,19,25-27H,6-9,12-14,18H2,1-3H3/p+1. The maximum Gasteiger partial charge on any atom is 0.0975 e. The Hall–Kier alpha value is -1.97. The molecule has 2 aliphatic heterocycles. The van der Waals surface area contributed by atoms with Gasteiger partial charge in [-0.05, 0) is 90.0 Å². The number of nitrogens with one attached hydrogen (secondary N) is 1. The highest BCUT2D eigenvalue weighted by molar-refractivity contribution is 5.82. The molecule has 3 heterocycles. The third-order valence-electron chi connectivity index (χ3n) is 10.6. The Labute approximate surface area is 197 Å². The summed E-state index contributed by atoms with van der Waals surface area (Å²) in [6.45, 7) is 2.58. The van der Waals surface area contributed by atoms with Crippen molar-refractivity contribution in [3.8, 4) is 0 Å². The number of benzene rings is 1. The summed E-state index contributed by atoms with van der Waals surface area (Å²) in [5, 5.41) is 2.56. The first-order valence-electron chi connectivity index (χ1n) is 13.2. The quantitative estimate of drug-likeness (QED) is 0.711. The molecular weight excluding hydrogens is 404 g/mol. The molecule has 172 valence electrons. The highest BCUT2D eigenvalue weighted by Gasteiger charge is 2.66. The molecule has 3 fully saturated rings. The largest absolute Gasteiger partial charge is 0.359 e. The van der Waals surface area contributed by atoms with Gasteiger partial charge in [-0.2, -0.15) is 0 Å². The molecule has 2 spiro atoms. The van der Waals surface area contributed by atoms with Crippen LogP contribution in [0.4, 0.5) is 0 Å². The van der Waals surface area contributed by atoms with Crippen molar-refractivity contribution in [1.29, 1.82) is 0 Å². The molecule has 6 unspecified atom stereocenters. The van der Waals surface area contributed by atoms with Crippen LogP contribution < -0.4 is 4.90 Å². The first kappa shape index (κ1) is 20.4. The average Bonchev–Trinajstić information content (AvgIpc) is 3.33. The lowest BCUT2D eigenvalue weighted by atomic mass is 9.58. The fourth-order valence-corrected chi connectivity index (χ4v) is 8.77. The van der Waals surface area contributed by atoms with Gasteiger partial charge in [0.05, 0.1) is 31.3 Å². The van der Waals surface area contributed by atoms with Crippen molar-refractivity contribution in [2.24, 2.45) is 11.3 Å². The smallest absolute Gasteiger partial charge is 0.0975 e. The van der Waals surface area contributed by atoms with E-state index in [4.69, 9.17) is 4.74 Å². The molecule has 3 heteroatoms. The van der Waals surface area contributed by atoms with E-state index in [0.29, 0.717) is 11.8 Å². The van der Waals surface area contributed by atoms with Gasteiger partial charge >= 0.3 is 0 Å². The van der Waals surface area contributed by atoms with Gasteiger partial charge in [-0.25, -0.2) is 0 Å². The fourth-order valence-electron chi connectivity index (χ4n) is 8.77. The maximum absolute atomic E-state index is 7.43. The molecule has 3 aliphatic carbocycles. The van der Waals surface area contributed by atoms with Gasteiger partial charge in [-0.15, -0.1) is 0 Å². The van der Waals surface area contributed by atoms with E-state index in [-0.39, 0.29) is 16.6 Å². The van der Waals surface area contributed by atoms with Crippen molar-refractivity contribution >= 4 is 10.8 Å². The lowest BCUT2D eigenvalue weighted by molar-refractivity contribution is -0.887. The molecule has 3 nitrogen and oxygen atoms in total. The predicted molar refractivity (Wildman–Crippen MR) is 132 cm³/mol. The summed E-state index contributed by atoms with van der Waals surface area (Å²) in [6.07, 6.45) is 19.0. The SMILES string of the molecule is C[NH+](C)C1CCC2=CC3=CCC4(C)C(c5ccc6ccncc6c5)CCC4C34CCC2(C1)O4. The van der Waals surface area contributed by atoms with Crippen LogP contribution in [0, 0.1) is 11.3 Å². The number of rotatable bonds is 2. The monoisotopic (exact) mass is 441 g/mol. The summed E-state index contributed by atoms with van der Waals surface area (Å²) >= 11 is 0. The number of pyridine rings is 1.